The van der Waals surface area contributed by atoms with Crippen LogP contribution in [0.15, 0.2) is 5.16 Å². The van der Waals surface area contributed by atoms with Crippen molar-refractivity contribution in [3.05, 3.63) is 0 Å². The molecule has 1 saturated carbocycles. The number of carbonyl (C=O) groups excluding carboxylic acids is 2. The van der Waals surface area contributed by atoms with Crippen LogP contribution in [0.2, 0.25) is 0 Å². The fourth-order valence-electron chi connectivity index (χ4n) is 2.23. The Kier molecular flexibility index (Phi) is 5.51. The molecule has 0 radical (unpaired) electrons. The molecule has 7 nitrogen and oxygen atoms in total. The van der Waals surface area contributed by atoms with Crippen LogP contribution < -0.4 is 0 Å². The van der Waals surface area contributed by atoms with Gasteiger partial charge in [0.2, 0.25) is 5.16 Å². The van der Waals surface area contributed by atoms with Crippen LogP contribution >= 0.6 is 11.8 Å². The number of esters is 1. The molecule has 1 heterocycles. The molecule has 0 amide bonds. The van der Waals surface area contributed by atoms with Crippen molar-refractivity contribution < 1.29 is 14.3 Å². The fraction of sp³-hybridized carbons (Fsp3) is 0.750. The zero-order chi connectivity index (χ0) is 14.4. The van der Waals surface area contributed by atoms with Crippen molar-refractivity contribution in [2.24, 2.45) is 0 Å². The molecule has 20 heavy (non-hydrogen) atoms. The first kappa shape index (κ1) is 15.0. The van der Waals surface area contributed by atoms with E-state index in [0.29, 0.717) is 17.8 Å². The van der Waals surface area contributed by atoms with E-state index in [4.69, 9.17) is 4.74 Å². The average Bonchev–Trinajstić information content (AvgIpc) is 3.07. The predicted octanol–water partition coefficient (Wildman–Crippen LogP) is 1.40. The van der Waals surface area contributed by atoms with Gasteiger partial charge in [-0.3, -0.25) is 9.59 Å². The third-order valence-electron chi connectivity index (χ3n) is 3.14. The van der Waals surface area contributed by atoms with E-state index in [9.17, 15) is 9.59 Å². The Morgan fingerprint density at radius 3 is 2.85 bits per heavy atom. The van der Waals surface area contributed by atoms with E-state index < -0.39 is 5.97 Å². The largest absolute Gasteiger partial charge is 0.466 e. The van der Waals surface area contributed by atoms with Crippen molar-refractivity contribution >= 4 is 23.5 Å². The summed E-state index contributed by atoms with van der Waals surface area (Å²) in [6, 6.07) is 0.340. The SMILES string of the molecule is CCOC(=O)CC(=O)CSc1nnnn1C1CCCC1. The summed E-state index contributed by atoms with van der Waals surface area (Å²) < 4.78 is 6.54. The lowest BCUT2D eigenvalue weighted by atomic mass is 10.3. The van der Waals surface area contributed by atoms with Crippen LogP contribution in [0.4, 0.5) is 0 Å². The van der Waals surface area contributed by atoms with Gasteiger partial charge in [0.05, 0.1) is 18.4 Å². The second-order valence-corrected chi connectivity index (χ2v) is 5.60. The first-order valence-electron chi connectivity index (χ1n) is 6.78. The molecular weight excluding hydrogens is 280 g/mol. The van der Waals surface area contributed by atoms with Gasteiger partial charge in [-0.2, -0.15) is 0 Å². The number of tetrazole rings is 1. The number of hydrogen-bond donors (Lipinski definition) is 0. The molecule has 0 saturated heterocycles. The summed E-state index contributed by atoms with van der Waals surface area (Å²) in [7, 11) is 0. The van der Waals surface area contributed by atoms with Gasteiger partial charge in [0.1, 0.15) is 6.42 Å². The van der Waals surface area contributed by atoms with E-state index in [1.54, 1.807) is 11.6 Å². The van der Waals surface area contributed by atoms with E-state index in [0.717, 1.165) is 12.8 Å². The highest BCUT2D eigenvalue weighted by molar-refractivity contribution is 7.99. The number of aromatic nitrogens is 4. The highest BCUT2D eigenvalue weighted by Crippen LogP contribution is 2.31. The highest BCUT2D eigenvalue weighted by Gasteiger charge is 2.22. The van der Waals surface area contributed by atoms with Gasteiger partial charge in [-0.1, -0.05) is 24.6 Å². The van der Waals surface area contributed by atoms with Gasteiger partial charge < -0.3 is 4.74 Å². The fourth-order valence-corrected chi connectivity index (χ4v) is 3.03. The third-order valence-corrected chi connectivity index (χ3v) is 4.14. The molecular formula is C12H18N4O3S. The molecule has 1 aromatic rings. The molecule has 110 valence electrons. The Labute approximate surface area is 121 Å². The van der Waals surface area contributed by atoms with E-state index in [1.807, 2.05) is 0 Å². The molecule has 0 unspecified atom stereocenters. The lowest BCUT2D eigenvalue weighted by Crippen LogP contribution is -2.14. The number of rotatable bonds is 7. The van der Waals surface area contributed by atoms with Crippen LogP contribution in [-0.4, -0.2) is 44.3 Å². The van der Waals surface area contributed by atoms with Crippen LogP contribution in [0.5, 0.6) is 0 Å². The van der Waals surface area contributed by atoms with Crippen molar-refractivity contribution in [2.45, 2.75) is 50.2 Å². The van der Waals surface area contributed by atoms with Gasteiger partial charge in [-0.25, -0.2) is 4.68 Å². The number of carbonyl (C=O) groups is 2. The maximum absolute atomic E-state index is 11.7. The lowest BCUT2D eigenvalue weighted by Gasteiger charge is -2.10. The molecule has 0 aliphatic heterocycles. The first-order valence-corrected chi connectivity index (χ1v) is 7.77. The minimum absolute atomic E-state index is 0.172. The first-order chi connectivity index (χ1) is 9.70. The highest BCUT2D eigenvalue weighted by atomic mass is 32.2. The predicted molar refractivity (Wildman–Crippen MR) is 72.3 cm³/mol. The minimum Gasteiger partial charge on any atom is -0.466 e. The zero-order valence-electron chi connectivity index (χ0n) is 11.4. The van der Waals surface area contributed by atoms with Crippen molar-refractivity contribution in [3.8, 4) is 0 Å². The van der Waals surface area contributed by atoms with Crippen LogP contribution in [-0.2, 0) is 14.3 Å². The standard InChI is InChI=1S/C12H18N4O3S/c1-2-19-11(18)7-10(17)8-20-12-13-14-15-16(12)9-5-3-4-6-9/h9H,2-8H2,1H3. The van der Waals surface area contributed by atoms with Crippen LogP contribution in [0, 0.1) is 0 Å². The number of hydrogen-bond acceptors (Lipinski definition) is 7. The summed E-state index contributed by atoms with van der Waals surface area (Å²) in [5, 5.41) is 12.3. The number of ether oxygens (including phenoxy) is 1. The second-order valence-electron chi connectivity index (χ2n) is 4.65. The van der Waals surface area contributed by atoms with E-state index in [2.05, 4.69) is 15.5 Å². The number of ketones is 1. The van der Waals surface area contributed by atoms with Crippen LogP contribution in [0.1, 0.15) is 45.1 Å². The molecule has 8 heteroatoms. The van der Waals surface area contributed by atoms with Gasteiger partial charge in [-0.15, -0.1) is 5.10 Å². The summed E-state index contributed by atoms with van der Waals surface area (Å²) in [5.74, 6) is -0.464. The molecule has 0 N–H and O–H groups in total. The minimum atomic E-state index is -0.478. The quantitative estimate of drug-likeness (QED) is 0.427. The molecule has 1 fully saturated rings. The van der Waals surface area contributed by atoms with Gasteiger partial charge in [0.25, 0.3) is 0 Å². The summed E-state index contributed by atoms with van der Waals surface area (Å²) in [6.45, 7) is 2.01. The van der Waals surface area contributed by atoms with Crippen LogP contribution in [0.3, 0.4) is 0 Å². The summed E-state index contributed by atoms with van der Waals surface area (Å²) in [4.78, 5) is 22.8. The summed E-state index contributed by atoms with van der Waals surface area (Å²) in [6.07, 6.45) is 4.35. The maximum Gasteiger partial charge on any atom is 0.313 e. The zero-order valence-corrected chi connectivity index (χ0v) is 12.3. The number of Topliss-reactive ketones (excluding diaryl/α,β-unsaturated/α-hetero) is 1. The molecule has 2 rings (SSSR count). The second kappa shape index (κ2) is 7.37. The van der Waals surface area contributed by atoms with Crippen molar-refractivity contribution in [2.75, 3.05) is 12.4 Å². The van der Waals surface area contributed by atoms with Gasteiger partial charge in [0.15, 0.2) is 5.78 Å². The van der Waals surface area contributed by atoms with E-state index in [1.165, 1.54) is 24.6 Å². The lowest BCUT2D eigenvalue weighted by molar-refractivity contribution is -0.145. The van der Waals surface area contributed by atoms with Crippen molar-refractivity contribution in [3.63, 3.8) is 0 Å². The summed E-state index contributed by atoms with van der Waals surface area (Å²) >= 11 is 1.28. The Hall–Kier alpha value is -1.44. The van der Waals surface area contributed by atoms with E-state index >= 15 is 0 Å². The molecule has 0 atom stereocenters. The van der Waals surface area contributed by atoms with Crippen molar-refractivity contribution in [1.82, 2.24) is 20.2 Å². The molecule has 0 bridgehead atoms. The van der Waals surface area contributed by atoms with Crippen LogP contribution in [0.25, 0.3) is 0 Å². The van der Waals surface area contributed by atoms with E-state index in [-0.39, 0.29) is 18.0 Å². The molecule has 1 aromatic heterocycles. The normalized spacial score (nSPS) is 15.4. The monoisotopic (exact) mass is 298 g/mol. The molecule has 0 aromatic carbocycles. The molecule has 1 aliphatic carbocycles. The molecule has 0 spiro atoms. The maximum atomic E-state index is 11.7. The average molecular weight is 298 g/mol. The Morgan fingerprint density at radius 2 is 2.15 bits per heavy atom. The topological polar surface area (TPSA) is 87.0 Å². The number of thioether (sulfide) groups is 1. The number of nitrogens with zero attached hydrogens (tertiary/aromatic N) is 4. The van der Waals surface area contributed by atoms with Gasteiger partial charge >= 0.3 is 5.97 Å². The summed E-state index contributed by atoms with van der Waals surface area (Å²) in [5.41, 5.74) is 0. The van der Waals surface area contributed by atoms with Gasteiger partial charge in [-0.05, 0) is 30.2 Å². The smallest absolute Gasteiger partial charge is 0.313 e. The van der Waals surface area contributed by atoms with Gasteiger partial charge in [0, 0.05) is 0 Å². The van der Waals surface area contributed by atoms with Crippen molar-refractivity contribution in [1.29, 1.82) is 0 Å². The third kappa shape index (κ3) is 4.03. The molecule has 1 aliphatic rings. The Morgan fingerprint density at radius 1 is 1.40 bits per heavy atom. The Bertz CT molecular complexity index is 471. The Balaban J connectivity index is 1.83.